The lowest BCUT2D eigenvalue weighted by molar-refractivity contribution is -0.0270. The van der Waals surface area contributed by atoms with Gasteiger partial charge in [0, 0.05) is 0 Å². The van der Waals surface area contributed by atoms with Crippen LogP contribution in [0, 0.1) is 11.3 Å². The van der Waals surface area contributed by atoms with Crippen molar-refractivity contribution in [1.29, 1.82) is 0 Å². The van der Waals surface area contributed by atoms with Gasteiger partial charge in [0.1, 0.15) is 0 Å². The fourth-order valence-corrected chi connectivity index (χ4v) is 5.19. The van der Waals surface area contributed by atoms with E-state index in [1.54, 1.807) is 5.57 Å². The standard InChI is InChI=1S/C18H24O/c1-12(2)14-6-9-17(3)11-13-5-4-8-18(13)10-7-15(19-18)16(14)17/h7,10,13,15H,1,4-6,8-9,11H2,2-3H3/t13-,15+,17+,18-/m0/s1. The normalized spacial score (nSPS) is 47.3. The molecule has 1 spiro atoms. The molecule has 0 radical (unpaired) electrons. The van der Waals surface area contributed by atoms with Gasteiger partial charge >= 0.3 is 0 Å². The molecule has 2 fully saturated rings. The van der Waals surface area contributed by atoms with Crippen molar-refractivity contribution < 1.29 is 4.74 Å². The zero-order valence-electron chi connectivity index (χ0n) is 12.2. The number of ether oxygens (including phenoxy) is 1. The van der Waals surface area contributed by atoms with Crippen LogP contribution in [0.25, 0.3) is 0 Å². The zero-order chi connectivity index (χ0) is 13.3. The maximum atomic E-state index is 6.58. The molecule has 4 atom stereocenters. The molecule has 1 saturated carbocycles. The number of allylic oxidation sites excluding steroid dienone is 2. The first-order valence-electron chi connectivity index (χ1n) is 7.81. The van der Waals surface area contributed by atoms with Crippen molar-refractivity contribution in [3.8, 4) is 0 Å². The molecular weight excluding hydrogens is 232 g/mol. The summed E-state index contributed by atoms with van der Waals surface area (Å²) in [5, 5.41) is 0. The highest BCUT2D eigenvalue weighted by atomic mass is 16.5. The van der Waals surface area contributed by atoms with Crippen LogP contribution >= 0.6 is 0 Å². The summed E-state index contributed by atoms with van der Waals surface area (Å²) in [6.07, 6.45) is 12.7. The third-order valence-corrected chi connectivity index (χ3v) is 6.11. The van der Waals surface area contributed by atoms with E-state index >= 15 is 0 Å². The van der Waals surface area contributed by atoms with E-state index in [0.717, 1.165) is 5.92 Å². The molecule has 2 aliphatic heterocycles. The molecule has 4 aliphatic rings. The van der Waals surface area contributed by atoms with E-state index in [1.165, 1.54) is 49.7 Å². The van der Waals surface area contributed by atoms with Crippen LogP contribution in [-0.2, 0) is 4.74 Å². The molecule has 0 aromatic heterocycles. The molecule has 4 rings (SSSR count). The molecule has 0 amide bonds. The summed E-state index contributed by atoms with van der Waals surface area (Å²) in [5.74, 6) is 0.737. The molecule has 1 nitrogen and oxygen atoms in total. The summed E-state index contributed by atoms with van der Waals surface area (Å²) in [6, 6.07) is 0. The summed E-state index contributed by atoms with van der Waals surface area (Å²) >= 11 is 0. The van der Waals surface area contributed by atoms with E-state index in [-0.39, 0.29) is 11.7 Å². The van der Waals surface area contributed by atoms with E-state index in [2.05, 4.69) is 32.6 Å². The summed E-state index contributed by atoms with van der Waals surface area (Å²) in [7, 11) is 0. The maximum Gasteiger partial charge on any atom is 0.0990 e. The lowest BCUT2D eigenvalue weighted by Gasteiger charge is -2.33. The van der Waals surface area contributed by atoms with Gasteiger partial charge in [-0.3, -0.25) is 0 Å². The molecule has 0 unspecified atom stereocenters. The van der Waals surface area contributed by atoms with Gasteiger partial charge < -0.3 is 4.74 Å². The van der Waals surface area contributed by atoms with Gasteiger partial charge in [-0.05, 0) is 67.9 Å². The molecule has 102 valence electrons. The van der Waals surface area contributed by atoms with Crippen LogP contribution in [0.1, 0.15) is 52.4 Å². The monoisotopic (exact) mass is 256 g/mol. The Hall–Kier alpha value is -0.820. The van der Waals surface area contributed by atoms with Gasteiger partial charge in [-0.2, -0.15) is 0 Å². The lowest BCUT2D eigenvalue weighted by Crippen LogP contribution is -2.32. The van der Waals surface area contributed by atoms with Crippen LogP contribution < -0.4 is 0 Å². The second-order valence-corrected chi connectivity index (χ2v) is 7.38. The Bertz CT molecular complexity index is 512. The van der Waals surface area contributed by atoms with Crippen molar-refractivity contribution >= 4 is 0 Å². The highest BCUT2D eigenvalue weighted by molar-refractivity contribution is 5.46. The van der Waals surface area contributed by atoms with Crippen molar-refractivity contribution in [2.75, 3.05) is 0 Å². The maximum absolute atomic E-state index is 6.58. The third kappa shape index (κ3) is 1.45. The predicted molar refractivity (Wildman–Crippen MR) is 77.9 cm³/mol. The van der Waals surface area contributed by atoms with Gasteiger partial charge in [0.15, 0.2) is 0 Å². The minimum absolute atomic E-state index is 0.0885. The number of rotatable bonds is 1. The third-order valence-electron chi connectivity index (χ3n) is 6.11. The summed E-state index contributed by atoms with van der Waals surface area (Å²) < 4.78 is 6.58. The molecule has 0 N–H and O–H groups in total. The van der Waals surface area contributed by atoms with Crippen LogP contribution in [0.5, 0.6) is 0 Å². The molecule has 0 aromatic rings. The van der Waals surface area contributed by atoms with Crippen molar-refractivity contribution in [2.45, 2.75) is 64.1 Å². The smallest absolute Gasteiger partial charge is 0.0990 e. The largest absolute Gasteiger partial charge is 0.359 e. The topological polar surface area (TPSA) is 9.23 Å². The second kappa shape index (κ2) is 3.63. The Balaban J connectivity index is 1.86. The van der Waals surface area contributed by atoms with E-state index in [0.29, 0.717) is 5.41 Å². The van der Waals surface area contributed by atoms with Crippen molar-refractivity contribution in [2.24, 2.45) is 11.3 Å². The van der Waals surface area contributed by atoms with Crippen LogP contribution in [0.15, 0.2) is 35.5 Å². The van der Waals surface area contributed by atoms with Crippen molar-refractivity contribution in [3.63, 3.8) is 0 Å². The van der Waals surface area contributed by atoms with Crippen LogP contribution in [-0.4, -0.2) is 11.7 Å². The van der Waals surface area contributed by atoms with Crippen molar-refractivity contribution in [3.05, 3.63) is 35.5 Å². The Kier molecular flexibility index (Phi) is 2.29. The van der Waals surface area contributed by atoms with Crippen LogP contribution in [0.4, 0.5) is 0 Å². The molecule has 1 saturated heterocycles. The van der Waals surface area contributed by atoms with Gasteiger partial charge in [0.2, 0.25) is 0 Å². The summed E-state index contributed by atoms with van der Waals surface area (Å²) in [5.41, 5.74) is 4.78. The minimum Gasteiger partial charge on any atom is -0.359 e. The Morgan fingerprint density at radius 1 is 1.42 bits per heavy atom. The van der Waals surface area contributed by atoms with Gasteiger partial charge in [-0.25, -0.2) is 0 Å². The second-order valence-electron chi connectivity index (χ2n) is 7.38. The summed E-state index contributed by atoms with van der Waals surface area (Å²) in [4.78, 5) is 0. The molecular formula is C18H24O. The first-order chi connectivity index (χ1) is 9.04. The van der Waals surface area contributed by atoms with E-state index in [9.17, 15) is 0 Å². The quantitative estimate of drug-likeness (QED) is 0.625. The molecule has 1 heteroatoms. The van der Waals surface area contributed by atoms with Crippen LogP contribution in [0.2, 0.25) is 0 Å². The Labute approximate surface area is 116 Å². The Morgan fingerprint density at radius 2 is 2.26 bits per heavy atom. The molecule has 2 aliphatic carbocycles. The average molecular weight is 256 g/mol. The fraction of sp³-hybridized carbons (Fsp3) is 0.667. The van der Waals surface area contributed by atoms with E-state index < -0.39 is 0 Å². The van der Waals surface area contributed by atoms with E-state index in [1.807, 2.05) is 0 Å². The number of fused-ring (bicyclic) bond motifs is 3. The summed E-state index contributed by atoms with van der Waals surface area (Å²) in [6.45, 7) is 8.84. The predicted octanol–water partition coefficient (Wildman–Crippen LogP) is 4.56. The van der Waals surface area contributed by atoms with Gasteiger partial charge in [-0.15, -0.1) is 0 Å². The SMILES string of the molecule is C=C(C)C1=C2[C@H]3C=C[C@]4(CCC[C@H]4C[C@@]2(C)CC1)O3. The van der Waals surface area contributed by atoms with Crippen LogP contribution in [0.3, 0.4) is 0 Å². The zero-order valence-corrected chi connectivity index (χ0v) is 12.2. The highest BCUT2D eigenvalue weighted by Gasteiger charge is 2.55. The van der Waals surface area contributed by atoms with Gasteiger partial charge in [0.05, 0.1) is 11.7 Å². The minimum atomic E-state index is 0.0885. The Morgan fingerprint density at radius 3 is 3.05 bits per heavy atom. The molecule has 0 aromatic carbocycles. The first-order valence-corrected chi connectivity index (χ1v) is 7.81. The van der Waals surface area contributed by atoms with Gasteiger partial charge in [0.25, 0.3) is 0 Å². The molecule has 2 heterocycles. The first kappa shape index (κ1) is 12.0. The molecule has 19 heavy (non-hydrogen) atoms. The number of hydrogen-bond donors (Lipinski definition) is 0. The highest BCUT2D eigenvalue weighted by Crippen LogP contribution is 2.60. The average Bonchev–Trinajstić information content (AvgIpc) is 2.99. The van der Waals surface area contributed by atoms with E-state index in [4.69, 9.17) is 4.74 Å². The number of hydrogen-bond acceptors (Lipinski definition) is 1. The lowest BCUT2D eigenvalue weighted by atomic mass is 9.70. The van der Waals surface area contributed by atoms with Gasteiger partial charge in [-0.1, -0.05) is 31.2 Å². The molecule has 2 bridgehead atoms. The fourth-order valence-electron chi connectivity index (χ4n) is 5.19. The van der Waals surface area contributed by atoms with Crippen molar-refractivity contribution in [1.82, 2.24) is 0 Å².